The van der Waals surface area contributed by atoms with Crippen molar-refractivity contribution in [3.63, 3.8) is 0 Å². The van der Waals surface area contributed by atoms with Crippen LogP contribution >= 0.6 is 11.3 Å². The summed E-state index contributed by atoms with van der Waals surface area (Å²) in [7, 11) is 1.90. The Kier molecular flexibility index (Phi) is 4.47. The van der Waals surface area contributed by atoms with E-state index in [4.69, 9.17) is 0 Å². The van der Waals surface area contributed by atoms with Crippen LogP contribution in [0, 0.1) is 13.8 Å². The Bertz CT molecular complexity index is 1190. The lowest BCUT2D eigenvalue weighted by atomic mass is 10.1. The number of rotatable bonds is 2. The van der Waals surface area contributed by atoms with Crippen molar-refractivity contribution < 1.29 is 14.4 Å². The number of amides is 3. The zero-order chi connectivity index (χ0) is 20.0. The van der Waals surface area contributed by atoms with E-state index in [9.17, 15) is 14.4 Å². The van der Waals surface area contributed by atoms with Crippen LogP contribution in [-0.2, 0) is 16.6 Å². The van der Waals surface area contributed by atoms with Crippen LogP contribution in [0.2, 0.25) is 0 Å². The Hall–Kier alpha value is -3.06. The molecular weight excluding hydrogens is 374 g/mol. The van der Waals surface area contributed by atoms with Gasteiger partial charge in [-0.15, -0.1) is 0 Å². The average Bonchev–Trinajstić information content (AvgIpc) is 3.15. The fourth-order valence-corrected chi connectivity index (χ4v) is 4.35. The second-order valence-corrected chi connectivity index (χ2v) is 7.94. The number of carbonyl (C=O) groups excluding carboxylic acids is 3. The van der Waals surface area contributed by atoms with Gasteiger partial charge in [0.2, 0.25) is 11.8 Å². The Morgan fingerprint density at radius 1 is 1.00 bits per heavy atom. The van der Waals surface area contributed by atoms with Crippen LogP contribution in [0.4, 0.5) is 5.69 Å². The minimum Gasteiger partial charge on any atom is -0.319 e. The van der Waals surface area contributed by atoms with Crippen molar-refractivity contribution in [1.82, 2.24) is 4.57 Å². The van der Waals surface area contributed by atoms with Crippen molar-refractivity contribution in [2.75, 3.05) is 4.90 Å². The average molecular weight is 393 g/mol. The Morgan fingerprint density at radius 3 is 2.25 bits per heavy atom. The maximum absolute atomic E-state index is 12.6. The largest absolute Gasteiger partial charge is 0.319 e. The highest BCUT2D eigenvalue weighted by atomic mass is 32.1. The number of aromatic nitrogens is 1. The van der Waals surface area contributed by atoms with Gasteiger partial charge in [-0.05, 0) is 61.4 Å². The Balaban J connectivity index is 1.67. The van der Waals surface area contributed by atoms with E-state index in [0.29, 0.717) is 16.1 Å². The summed E-state index contributed by atoms with van der Waals surface area (Å²) in [5.41, 5.74) is 4.34. The summed E-state index contributed by atoms with van der Waals surface area (Å²) in [4.78, 5) is 42.4. The lowest BCUT2D eigenvalue weighted by Crippen LogP contribution is -2.28. The molecule has 1 aromatic heterocycles. The lowest BCUT2D eigenvalue weighted by molar-refractivity contribution is -0.121. The van der Waals surface area contributed by atoms with Crippen LogP contribution in [0.5, 0.6) is 0 Å². The fraction of sp³-hybridized carbons (Fsp3) is 0.238. The molecule has 0 atom stereocenters. The molecule has 2 aromatic carbocycles. The number of thiazole rings is 1. The molecule has 1 fully saturated rings. The van der Waals surface area contributed by atoms with E-state index in [1.165, 1.54) is 27.4 Å². The Labute approximate surface area is 165 Å². The number of hydrogen-bond donors (Lipinski definition) is 0. The van der Waals surface area contributed by atoms with Gasteiger partial charge in [-0.1, -0.05) is 11.3 Å². The van der Waals surface area contributed by atoms with Crippen LogP contribution in [-0.4, -0.2) is 22.3 Å². The normalized spacial score (nSPS) is 15.1. The predicted molar refractivity (Wildman–Crippen MR) is 108 cm³/mol. The minimum atomic E-state index is -0.360. The van der Waals surface area contributed by atoms with Gasteiger partial charge in [0.25, 0.3) is 5.91 Å². The molecule has 0 unspecified atom stereocenters. The summed E-state index contributed by atoms with van der Waals surface area (Å²) in [5.74, 6) is -0.783. The number of anilines is 1. The van der Waals surface area contributed by atoms with Gasteiger partial charge in [0.15, 0.2) is 4.80 Å². The molecule has 3 aromatic rings. The van der Waals surface area contributed by atoms with Gasteiger partial charge in [0, 0.05) is 25.5 Å². The Morgan fingerprint density at radius 2 is 1.61 bits per heavy atom. The molecule has 0 spiro atoms. The quantitative estimate of drug-likeness (QED) is 0.628. The van der Waals surface area contributed by atoms with E-state index in [-0.39, 0.29) is 30.6 Å². The molecule has 1 aliphatic heterocycles. The first kappa shape index (κ1) is 18.3. The number of carbonyl (C=O) groups is 3. The minimum absolute atomic E-state index is 0.211. The maximum Gasteiger partial charge on any atom is 0.279 e. The van der Waals surface area contributed by atoms with Crippen molar-refractivity contribution in [3.05, 3.63) is 57.9 Å². The molecule has 0 saturated carbocycles. The molecule has 1 saturated heterocycles. The van der Waals surface area contributed by atoms with Gasteiger partial charge < -0.3 is 4.57 Å². The first-order chi connectivity index (χ1) is 13.3. The van der Waals surface area contributed by atoms with Gasteiger partial charge in [0.1, 0.15) is 0 Å². The van der Waals surface area contributed by atoms with Crippen LogP contribution in [0.15, 0.2) is 41.4 Å². The van der Waals surface area contributed by atoms with E-state index >= 15 is 0 Å². The predicted octanol–water partition coefficient (Wildman–Crippen LogP) is 3.25. The molecule has 0 radical (unpaired) electrons. The summed E-state index contributed by atoms with van der Waals surface area (Å²) in [5, 5.41) is 0. The van der Waals surface area contributed by atoms with E-state index in [0.717, 1.165) is 10.2 Å². The summed E-state index contributed by atoms with van der Waals surface area (Å²) >= 11 is 1.47. The van der Waals surface area contributed by atoms with Crippen LogP contribution in [0.3, 0.4) is 0 Å². The smallest absolute Gasteiger partial charge is 0.279 e. The van der Waals surface area contributed by atoms with Gasteiger partial charge in [-0.2, -0.15) is 4.99 Å². The van der Waals surface area contributed by atoms with Crippen LogP contribution in [0.1, 0.15) is 34.3 Å². The van der Waals surface area contributed by atoms with Gasteiger partial charge >= 0.3 is 0 Å². The number of imide groups is 1. The molecule has 6 nitrogen and oxygen atoms in total. The summed E-state index contributed by atoms with van der Waals surface area (Å²) in [6.45, 7) is 4.12. The molecule has 1 aliphatic rings. The third-order valence-electron chi connectivity index (χ3n) is 5.05. The second-order valence-electron chi connectivity index (χ2n) is 6.93. The van der Waals surface area contributed by atoms with Gasteiger partial charge in [0.05, 0.1) is 15.9 Å². The first-order valence-corrected chi connectivity index (χ1v) is 9.78. The van der Waals surface area contributed by atoms with E-state index in [2.05, 4.69) is 31.0 Å². The lowest BCUT2D eigenvalue weighted by Gasteiger charge is -2.13. The van der Waals surface area contributed by atoms with E-state index in [1.54, 1.807) is 24.3 Å². The van der Waals surface area contributed by atoms with Crippen molar-refractivity contribution in [3.8, 4) is 0 Å². The van der Waals surface area contributed by atoms with Crippen LogP contribution < -0.4 is 9.70 Å². The number of fused-ring (bicyclic) bond motifs is 1. The molecular formula is C21H19N3O3S. The van der Waals surface area contributed by atoms with Crippen LogP contribution in [0.25, 0.3) is 10.2 Å². The molecule has 2 heterocycles. The highest BCUT2D eigenvalue weighted by molar-refractivity contribution is 7.16. The highest BCUT2D eigenvalue weighted by Gasteiger charge is 2.30. The highest BCUT2D eigenvalue weighted by Crippen LogP contribution is 2.23. The molecule has 142 valence electrons. The third-order valence-corrected chi connectivity index (χ3v) is 6.14. The zero-order valence-corrected chi connectivity index (χ0v) is 16.7. The summed E-state index contributed by atoms with van der Waals surface area (Å²) < 4.78 is 3.00. The molecule has 0 aliphatic carbocycles. The molecule has 4 rings (SSSR count). The molecule has 7 heteroatoms. The third kappa shape index (κ3) is 3.07. The zero-order valence-electron chi connectivity index (χ0n) is 15.9. The monoisotopic (exact) mass is 393 g/mol. The van der Waals surface area contributed by atoms with Gasteiger partial charge in [-0.3, -0.25) is 19.3 Å². The topological polar surface area (TPSA) is 71.7 Å². The number of benzene rings is 2. The van der Waals surface area contributed by atoms with E-state index < -0.39 is 0 Å². The maximum atomic E-state index is 12.6. The number of aryl methyl sites for hydroxylation is 3. The van der Waals surface area contributed by atoms with Crippen molar-refractivity contribution >= 4 is 45.0 Å². The van der Waals surface area contributed by atoms with Crippen molar-refractivity contribution in [2.24, 2.45) is 12.0 Å². The van der Waals surface area contributed by atoms with Crippen molar-refractivity contribution in [1.29, 1.82) is 0 Å². The SMILES string of the molecule is Cc1cc2sc(=NC(=O)c3ccc(N4C(=O)CCC4=O)cc3)n(C)c2cc1C. The molecule has 0 bridgehead atoms. The summed E-state index contributed by atoms with van der Waals surface area (Å²) in [6, 6.07) is 10.6. The first-order valence-electron chi connectivity index (χ1n) is 8.97. The second kappa shape index (κ2) is 6.83. The molecule has 0 N–H and O–H groups in total. The summed E-state index contributed by atoms with van der Waals surface area (Å²) in [6.07, 6.45) is 0.465. The fourth-order valence-electron chi connectivity index (χ4n) is 3.26. The van der Waals surface area contributed by atoms with Gasteiger partial charge in [-0.25, -0.2) is 0 Å². The number of hydrogen-bond acceptors (Lipinski definition) is 4. The van der Waals surface area contributed by atoms with E-state index in [1.807, 2.05) is 11.6 Å². The number of nitrogens with zero attached hydrogens (tertiary/aromatic N) is 3. The molecule has 28 heavy (non-hydrogen) atoms. The molecule has 3 amide bonds. The van der Waals surface area contributed by atoms with Crippen molar-refractivity contribution in [2.45, 2.75) is 26.7 Å². The standard InChI is InChI=1S/C21H19N3O3S/c1-12-10-16-17(11-13(12)2)28-21(23(16)3)22-20(27)14-4-6-15(7-5-14)24-18(25)8-9-19(24)26/h4-7,10-11H,8-9H2,1-3H3.